The number of alkyl halides is 1. The van der Waals surface area contributed by atoms with Crippen molar-refractivity contribution in [1.29, 1.82) is 0 Å². The number of hydrogen-bond acceptors (Lipinski definition) is 3. The Morgan fingerprint density at radius 3 is 2.70 bits per heavy atom. The second kappa shape index (κ2) is 5.34. The molecule has 2 atom stereocenters. The van der Waals surface area contributed by atoms with E-state index in [1.165, 1.54) is 6.07 Å². The van der Waals surface area contributed by atoms with E-state index >= 15 is 0 Å². The molecule has 0 bridgehead atoms. The van der Waals surface area contributed by atoms with E-state index in [0.29, 0.717) is 23.6 Å². The van der Waals surface area contributed by atoms with Crippen molar-refractivity contribution in [2.24, 2.45) is 0 Å². The molecule has 3 nitrogen and oxygen atoms in total. The lowest BCUT2D eigenvalue weighted by molar-refractivity contribution is 0.115. The van der Waals surface area contributed by atoms with Gasteiger partial charge in [0, 0.05) is 13.1 Å². The zero-order valence-corrected chi connectivity index (χ0v) is 10.8. The van der Waals surface area contributed by atoms with Crippen molar-refractivity contribution in [2.75, 3.05) is 13.1 Å². The molecule has 1 N–H and O–H groups in total. The molecule has 2 heterocycles. The molecule has 20 heavy (non-hydrogen) atoms. The van der Waals surface area contributed by atoms with Crippen molar-refractivity contribution in [2.45, 2.75) is 18.8 Å². The van der Waals surface area contributed by atoms with Gasteiger partial charge in [-0.15, -0.1) is 0 Å². The predicted molar refractivity (Wildman–Crippen MR) is 70.3 cm³/mol. The number of furan rings is 1. The number of nitrogens with zero attached hydrogens (tertiary/aromatic N) is 1. The molecule has 5 heteroatoms. The second-order valence-corrected chi connectivity index (χ2v) is 5.02. The summed E-state index contributed by atoms with van der Waals surface area (Å²) in [6.45, 7) is 0.889. The summed E-state index contributed by atoms with van der Waals surface area (Å²) >= 11 is 0. The van der Waals surface area contributed by atoms with Crippen LogP contribution in [0.1, 0.15) is 5.76 Å². The van der Waals surface area contributed by atoms with Crippen LogP contribution in [0.25, 0.3) is 11.3 Å². The fourth-order valence-electron chi connectivity index (χ4n) is 2.44. The molecule has 0 unspecified atom stereocenters. The minimum atomic E-state index is -1.21. The molecular formula is C15H15F2NO2. The van der Waals surface area contributed by atoms with Gasteiger partial charge < -0.3 is 9.52 Å². The Morgan fingerprint density at radius 1 is 1.20 bits per heavy atom. The van der Waals surface area contributed by atoms with Gasteiger partial charge in [0.2, 0.25) is 0 Å². The number of halogens is 2. The molecule has 0 amide bonds. The van der Waals surface area contributed by atoms with Crippen LogP contribution in [0.5, 0.6) is 0 Å². The lowest BCUT2D eigenvalue weighted by Crippen LogP contribution is -2.21. The van der Waals surface area contributed by atoms with Crippen molar-refractivity contribution < 1.29 is 18.3 Å². The highest BCUT2D eigenvalue weighted by atomic mass is 19.1. The number of hydrogen-bond donors (Lipinski definition) is 1. The molecule has 1 aliphatic heterocycles. The highest BCUT2D eigenvalue weighted by Gasteiger charge is 2.31. The van der Waals surface area contributed by atoms with Crippen LogP contribution < -0.4 is 0 Å². The van der Waals surface area contributed by atoms with Gasteiger partial charge in [-0.3, -0.25) is 4.90 Å². The second-order valence-electron chi connectivity index (χ2n) is 5.02. The summed E-state index contributed by atoms with van der Waals surface area (Å²) in [6.07, 6.45) is -2.15. The molecule has 1 saturated heterocycles. The third-order valence-corrected chi connectivity index (χ3v) is 3.48. The normalized spacial score (nSPS) is 23.4. The fraction of sp³-hybridized carbons (Fsp3) is 0.333. The summed E-state index contributed by atoms with van der Waals surface area (Å²) < 4.78 is 32.5. The van der Waals surface area contributed by atoms with Gasteiger partial charge in [-0.1, -0.05) is 12.1 Å². The molecule has 0 radical (unpaired) electrons. The molecule has 0 saturated carbocycles. The predicted octanol–water partition coefficient (Wildman–Crippen LogP) is 2.60. The summed E-state index contributed by atoms with van der Waals surface area (Å²) in [5, 5.41) is 9.37. The van der Waals surface area contributed by atoms with E-state index in [1.807, 2.05) is 0 Å². The van der Waals surface area contributed by atoms with Crippen molar-refractivity contribution in [3.05, 3.63) is 48.0 Å². The maximum absolute atomic E-state index is 13.6. The van der Waals surface area contributed by atoms with E-state index < -0.39 is 12.3 Å². The zero-order valence-electron chi connectivity index (χ0n) is 10.8. The van der Waals surface area contributed by atoms with E-state index in [1.54, 1.807) is 35.2 Å². The summed E-state index contributed by atoms with van der Waals surface area (Å²) in [6, 6.07) is 9.84. The lowest BCUT2D eigenvalue weighted by Gasteiger charge is -2.11. The Kier molecular flexibility index (Phi) is 3.54. The summed E-state index contributed by atoms with van der Waals surface area (Å²) in [5.74, 6) is 0.744. The molecular weight excluding hydrogens is 264 g/mol. The zero-order chi connectivity index (χ0) is 14.1. The first-order valence-electron chi connectivity index (χ1n) is 6.51. The van der Waals surface area contributed by atoms with E-state index in [0.717, 1.165) is 0 Å². The Morgan fingerprint density at radius 2 is 2.00 bits per heavy atom. The van der Waals surface area contributed by atoms with Gasteiger partial charge in [-0.05, 0) is 24.3 Å². The van der Waals surface area contributed by atoms with Crippen LogP contribution in [0.3, 0.4) is 0 Å². The summed E-state index contributed by atoms with van der Waals surface area (Å²) in [5.41, 5.74) is 0.406. The minimum absolute atomic E-state index is 0.191. The van der Waals surface area contributed by atoms with Crippen LogP contribution in [0.4, 0.5) is 8.78 Å². The van der Waals surface area contributed by atoms with Crippen LogP contribution in [-0.4, -0.2) is 35.4 Å². The average molecular weight is 279 g/mol. The average Bonchev–Trinajstić information content (AvgIpc) is 2.98. The van der Waals surface area contributed by atoms with E-state index in [4.69, 9.17) is 4.42 Å². The van der Waals surface area contributed by atoms with Gasteiger partial charge in [0.25, 0.3) is 0 Å². The van der Waals surface area contributed by atoms with Crippen molar-refractivity contribution in [3.8, 4) is 11.3 Å². The van der Waals surface area contributed by atoms with Gasteiger partial charge >= 0.3 is 0 Å². The van der Waals surface area contributed by atoms with Crippen LogP contribution in [0.2, 0.25) is 0 Å². The van der Waals surface area contributed by atoms with Gasteiger partial charge in [-0.25, -0.2) is 8.78 Å². The quantitative estimate of drug-likeness (QED) is 0.938. The topological polar surface area (TPSA) is 36.6 Å². The third kappa shape index (κ3) is 2.59. The van der Waals surface area contributed by atoms with E-state index in [2.05, 4.69) is 0 Å². The van der Waals surface area contributed by atoms with Gasteiger partial charge in [0.05, 0.1) is 18.2 Å². The third-order valence-electron chi connectivity index (χ3n) is 3.48. The summed E-state index contributed by atoms with van der Waals surface area (Å²) in [4.78, 5) is 1.78. The first-order chi connectivity index (χ1) is 9.63. The van der Waals surface area contributed by atoms with Crippen LogP contribution in [0, 0.1) is 5.82 Å². The number of aliphatic hydroxyl groups is 1. The maximum atomic E-state index is 13.6. The first-order valence-corrected chi connectivity index (χ1v) is 6.51. The minimum Gasteiger partial charge on any atom is -0.460 e. The Labute approximate surface area is 115 Å². The van der Waals surface area contributed by atoms with Crippen molar-refractivity contribution >= 4 is 0 Å². The fourth-order valence-corrected chi connectivity index (χ4v) is 2.44. The molecule has 0 aliphatic carbocycles. The van der Waals surface area contributed by atoms with Crippen molar-refractivity contribution in [3.63, 3.8) is 0 Å². The molecule has 1 fully saturated rings. The standard InChI is InChI=1S/C15H15F2NO2/c16-12-4-2-1-3-11(12)15-6-5-10(20-15)7-18-8-13(17)14(19)9-18/h1-6,13-14,19H,7-9H2/t13-,14-/m1/s1. The van der Waals surface area contributed by atoms with E-state index in [9.17, 15) is 13.9 Å². The molecule has 106 valence electrons. The number of benzene rings is 1. The number of β-amino-alcohol motifs (C(OH)–C–C–N with tert-alkyl or cyclic N) is 1. The Bertz CT molecular complexity index is 589. The molecule has 1 aliphatic rings. The van der Waals surface area contributed by atoms with Crippen molar-refractivity contribution in [1.82, 2.24) is 4.90 Å². The lowest BCUT2D eigenvalue weighted by atomic mass is 10.1. The molecule has 2 aromatic rings. The molecule has 3 rings (SSSR count). The highest BCUT2D eigenvalue weighted by molar-refractivity contribution is 5.58. The summed E-state index contributed by atoms with van der Waals surface area (Å²) in [7, 11) is 0. The van der Waals surface area contributed by atoms with E-state index in [-0.39, 0.29) is 18.9 Å². The first kappa shape index (κ1) is 13.3. The van der Waals surface area contributed by atoms with Crippen LogP contribution in [0.15, 0.2) is 40.8 Å². The maximum Gasteiger partial charge on any atom is 0.140 e. The Balaban J connectivity index is 1.73. The van der Waals surface area contributed by atoms with Crippen LogP contribution >= 0.6 is 0 Å². The number of rotatable bonds is 3. The number of likely N-dealkylation sites (tertiary alicyclic amines) is 1. The Hall–Kier alpha value is -1.72. The largest absolute Gasteiger partial charge is 0.460 e. The molecule has 1 aromatic carbocycles. The molecule has 1 aromatic heterocycles. The molecule has 0 spiro atoms. The monoisotopic (exact) mass is 279 g/mol. The highest BCUT2D eigenvalue weighted by Crippen LogP contribution is 2.26. The van der Waals surface area contributed by atoms with Gasteiger partial charge in [0.1, 0.15) is 23.5 Å². The number of aliphatic hydroxyl groups excluding tert-OH is 1. The van der Waals surface area contributed by atoms with Gasteiger partial charge in [-0.2, -0.15) is 0 Å². The smallest absolute Gasteiger partial charge is 0.140 e. The SMILES string of the molecule is O[C@@H]1CN(Cc2ccc(-c3ccccc3F)o2)C[C@H]1F. The van der Waals surface area contributed by atoms with Crippen LogP contribution in [-0.2, 0) is 6.54 Å². The van der Waals surface area contributed by atoms with Gasteiger partial charge in [0.15, 0.2) is 0 Å².